The Hall–Kier alpha value is -3.48. The van der Waals surface area contributed by atoms with Crippen LogP contribution in [-0.4, -0.2) is 47.2 Å². The number of H-pyrrole nitrogens is 1. The minimum Gasteiger partial charge on any atom is -0.378 e. The van der Waals surface area contributed by atoms with Gasteiger partial charge in [0.2, 0.25) is 5.13 Å². The van der Waals surface area contributed by atoms with Crippen molar-refractivity contribution in [3.63, 3.8) is 0 Å². The van der Waals surface area contributed by atoms with E-state index in [1.165, 1.54) is 35.7 Å². The van der Waals surface area contributed by atoms with Crippen LogP contribution in [0.5, 0.6) is 0 Å². The van der Waals surface area contributed by atoms with Gasteiger partial charge in [-0.3, -0.25) is 4.79 Å². The van der Waals surface area contributed by atoms with Crippen LogP contribution in [0.15, 0.2) is 48.0 Å². The van der Waals surface area contributed by atoms with Crippen molar-refractivity contribution in [3.8, 4) is 11.4 Å². The van der Waals surface area contributed by atoms with E-state index < -0.39 is 17.6 Å². The SMILES string of the molecule is NN(C(=O)c1cc(N2CCOCC2)cc2[nH]c(-c3ccccc3C(F)(F)F)nc12)c1nccs1. The van der Waals surface area contributed by atoms with Gasteiger partial charge in [0.25, 0.3) is 5.91 Å². The number of rotatable bonds is 4. The molecule has 1 aliphatic heterocycles. The molecule has 0 unspecified atom stereocenters. The molecule has 1 aliphatic rings. The van der Waals surface area contributed by atoms with Gasteiger partial charge >= 0.3 is 6.18 Å². The van der Waals surface area contributed by atoms with Gasteiger partial charge in [0.15, 0.2) is 0 Å². The zero-order chi connectivity index (χ0) is 23.9. The number of morpholine rings is 1. The van der Waals surface area contributed by atoms with Crippen LogP contribution in [0.25, 0.3) is 22.4 Å². The van der Waals surface area contributed by atoms with Crippen molar-refractivity contribution in [2.75, 3.05) is 36.2 Å². The molecular weight excluding hydrogens is 469 g/mol. The lowest BCUT2D eigenvalue weighted by molar-refractivity contribution is -0.137. The van der Waals surface area contributed by atoms with Crippen molar-refractivity contribution >= 4 is 39.1 Å². The number of amides is 1. The molecule has 1 amide bonds. The second-order valence-corrected chi connectivity index (χ2v) is 8.48. The molecule has 1 fully saturated rings. The molecule has 0 aliphatic carbocycles. The third-order valence-corrected chi connectivity index (χ3v) is 6.28. The van der Waals surface area contributed by atoms with Crippen LogP contribution in [0.1, 0.15) is 15.9 Å². The van der Waals surface area contributed by atoms with Crippen LogP contribution in [0.4, 0.5) is 24.0 Å². The first kappa shape index (κ1) is 22.3. The number of nitrogens with two attached hydrogens (primary N) is 1. The number of alkyl halides is 3. The highest BCUT2D eigenvalue weighted by Gasteiger charge is 2.34. The largest absolute Gasteiger partial charge is 0.417 e. The number of aromatic nitrogens is 3. The third-order valence-electron chi connectivity index (χ3n) is 5.51. The molecule has 12 heteroatoms. The summed E-state index contributed by atoms with van der Waals surface area (Å²) in [6.07, 6.45) is -3.04. The molecule has 0 bridgehead atoms. The molecule has 2 aromatic heterocycles. The van der Waals surface area contributed by atoms with Crippen molar-refractivity contribution in [2.24, 2.45) is 5.84 Å². The zero-order valence-corrected chi connectivity index (χ0v) is 18.5. The lowest BCUT2D eigenvalue weighted by atomic mass is 10.1. The topological polar surface area (TPSA) is 100 Å². The van der Waals surface area contributed by atoms with Crippen molar-refractivity contribution in [2.45, 2.75) is 6.18 Å². The number of benzene rings is 2. The van der Waals surface area contributed by atoms with Gasteiger partial charge in [0, 0.05) is 35.9 Å². The monoisotopic (exact) mass is 488 g/mol. The number of nitrogens with one attached hydrogen (secondary N) is 1. The summed E-state index contributed by atoms with van der Waals surface area (Å²) in [6.45, 7) is 2.26. The number of hydrazine groups is 1. The van der Waals surface area contributed by atoms with Gasteiger partial charge in [-0.05, 0) is 18.2 Å². The second kappa shape index (κ2) is 8.70. The van der Waals surface area contributed by atoms with Crippen LogP contribution in [-0.2, 0) is 10.9 Å². The fourth-order valence-electron chi connectivity index (χ4n) is 3.89. The van der Waals surface area contributed by atoms with Crippen LogP contribution < -0.4 is 15.8 Å². The zero-order valence-electron chi connectivity index (χ0n) is 17.7. The van der Waals surface area contributed by atoms with Gasteiger partial charge in [-0.25, -0.2) is 20.8 Å². The molecule has 3 heterocycles. The number of hydrogen-bond acceptors (Lipinski definition) is 7. The minimum atomic E-state index is -4.56. The lowest BCUT2D eigenvalue weighted by Gasteiger charge is -2.29. The van der Waals surface area contributed by atoms with Crippen LogP contribution in [0.2, 0.25) is 0 Å². The van der Waals surface area contributed by atoms with Crippen molar-refractivity contribution < 1.29 is 22.7 Å². The molecule has 4 aromatic rings. The molecule has 8 nitrogen and oxygen atoms in total. The highest BCUT2D eigenvalue weighted by molar-refractivity contribution is 7.13. The number of halogens is 3. The Bertz CT molecular complexity index is 1330. The second-order valence-electron chi connectivity index (χ2n) is 7.61. The van der Waals surface area contributed by atoms with Gasteiger partial charge in [-0.15, -0.1) is 11.3 Å². The van der Waals surface area contributed by atoms with Crippen LogP contribution in [0, 0.1) is 0 Å². The first-order chi connectivity index (χ1) is 16.3. The molecule has 176 valence electrons. The fourth-order valence-corrected chi connectivity index (χ4v) is 4.45. The summed E-state index contributed by atoms with van der Waals surface area (Å²) in [7, 11) is 0. The Morgan fingerprint density at radius 2 is 1.97 bits per heavy atom. The number of carbonyl (C=O) groups is 1. The summed E-state index contributed by atoms with van der Waals surface area (Å²) in [5, 5.41) is 2.89. The summed E-state index contributed by atoms with van der Waals surface area (Å²) in [5.41, 5.74) is 0.586. The molecule has 0 radical (unpaired) electrons. The standard InChI is InChI=1S/C22H19F3N6O2S/c23-22(24,25)16-4-2-1-3-14(16)19-28-17-12-13(30-6-8-33-9-7-30)11-15(18(17)29-19)20(32)31(26)21-27-5-10-34-21/h1-5,10-12H,6-9,26H2,(H,28,29). The number of carbonyl (C=O) groups excluding carboxylic acids is 1. The first-order valence-corrected chi connectivity index (χ1v) is 11.2. The number of fused-ring (bicyclic) bond motifs is 1. The summed E-state index contributed by atoms with van der Waals surface area (Å²) in [4.78, 5) is 26.8. The number of hydrogen-bond donors (Lipinski definition) is 2. The Kier molecular flexibility index (Phi) is 5.71. The van der Waals surface area contributed by atoms with E-state index in [4.69, 9.17) is 10.6 Å². The molecule has 2 aromatic carbocycles. The number of anilines is 2. The highest BCUT2D eigenvalue weighted by Crippen LogP contribution is 2.37. The van der Waals surface area contributed by atoms with E-state index in [-0.39, 0.29) is 27.6 Å². The summed E-state index contributed by atoms with van der Waals surface area (Å²) in [6, 6.07) is 8.60. The van der Waals surface area contributed by atoms with E-state index in [0.29, 0.717) is 37.5 Å². The van der Waals surface area contributed by atoms with Crippen molar-refractivity contribution in [3.05, 3.63) is 59.1 Å². The summed E-state index contributed by atoms with van der Waals surface area (Å²) in [5.74, 6) is 5.48. The Balaban J connectivity index is 1.67. The smallest absolute Gasteiger partial charge is 0.378 e. The molecule has 3 N–H and O–H groups in total. The Morgan fingerprint density at radius 1 is 1.21 bits per heavy atom. The Morgan fingerprint density at radius 3 is 2.68 bits per heavy atom. The number of thiazole rings is 1. The van der Waals surface area contributed by atoms with Gasteiger partial charge < -0.3 is 14.6 Å². The van der Waals surface area contributed by atoms with Crippen molar-refractivity contribution in [1.82, 2.24) is 15.0 Å². The Labute approximate surface area is 195 Å². The molecule has 5 rings (SSSR count). The molecule has 0 saturated carbocycles. The normalized spacial score (nSPS) is 14.5. The van der Waals surface area contributed by atoms with E-state index in [9.17, 15) is 18.0 Å². The van der Waals surface area contributed by atoms with Gasteiger partial charge in [-0.1, -0.05) is 18.2 Å². The summed E-state index contributed by atoms with van der Waals surface area (Å²) >= 11 is 1.19. The molecular formula is C22H19F3N6O2S. The van der Waals surface area contributed by atoms with E-state index >= 15 is 0 Å². The predicted molar refractivity (Wildman–Crippen MR) is 123 cm³/mol. The highest BCUT2D eigenvalue weighted by atomic mass is 32.1. The number of imidazole rings is 1. The van der Waals surface area contributed by atoms with Crippen LogP contribution in [0.3, 0.4) is 0 Å². The predicted octanol–water partition coefficient (Wildman–Crippen LogP) is 4.06. The maximum atomic E-state index is 13.6. The average Bonchev–Trinajstić information content (AvgIpc) is 3.53. The lowest BCUT2D eigenvalue weighted by Crippen LogP contribution is -2.38. The molecule has 1 saturated heterocycles. The van der Waals surface area contributed by atoms with Crippen molar-refractivity contribution in [1.29, 1.82) is 0 Å². The fraction of sp³-hybridized carbons (Fsp3) is 0.227. The van der Waals surface area contributed by atoms with Gasteiger partial charge in [0.05, 0.1) is 29.9 Å². The summed E-state index contributed by atoms with van der Waals surface area (Å²) < 4.78 is 46.3. The molecule has 34 heavy (non-hydrogen) atoms. The van der Waals surface area contributed by atoms with Gasteiger partial charge in [0.1, 0.15) is 11.3 Å². The van der Waals surface area contributed by atoms with Gasteiger partial charge in [-0.2, -0.15) is 13.2 Å². The number of ether oxygens (including phenoxy) is 1. The third kappa shape index (κ3) is 4.11. The maximum absolute atomic E-state index is 13.6. The van der Waals surface area contributed by atoms with E-state index in [1.54, 1.807) is 17.5 Å². The quantitative estimate of drug-likeness (QED) is 0.255. The molecule has 0 spiro atoms. The number of nitrogens with zero attached hydrogens (tertiary/aromatic N) is 4. The maximum Gasteiger partial charge on any atom is 0.417 e. The minimum absolute atomic E-state index is 0.00826. The van der Waals surface area contributed by atoms with Crippen LogP contribution >= 0.6 is 11.3 Å². The number of aromatic amines is 1. The average molecular weight is 488 g/mol. The van der Waals surface area contributed by atoms with E-state index in [1.807, 2.05) is 4.90 Å². The first-order valence-electron chi connectivity index (χ1n) is 10.3. The van der Waals surface area contributed by atoms with E-state index in [2.05, 4.69) is 15.0 Å². The molecule has 0 atom stereocenters. The van der Waals surface area contributed by atoms with E-state index in [0.717, 1.165) is 11.1 Å².